The summed E-state index contributed by atoms with van der Waals surface area (Å²) in [7, 11) is 0. The van der Waals surface area contributed by atoms with Crippen molar-refractivity contribution >= 4 is 11.3 Å². The third-order valence-corrected chi connectivity index (χ3v) is 5.17. The van der Waals surface area contributed by atoms with E-state index in [0.29, 0.717) is 12.2 Å². The molecule has 1 aliphatic heterocycles. The maximum absolute atomic E-state index is 6.22. The molecule has 1 aromatic rings. The van der Waals surface area contributed by atoms with Gasteiger partial charge in [-0.3, -0.25) is 0 Å². The lowest BCUT2D eigenvalue weighted by Gasteiger charge is -2.20. The SMILES string of the molecule is CCCCCCC1CC(CCCCCC)Oc2cscc2O1. The van der Waals surface area contributed by atoms with Crippen LogP contribution in [0.1, 0.15) is 84.5 Å². The summed E-state index contributed by atoms with van der Waals surface area (Å²) >= 11 is 1.68. The number of ether oxygens (including phenoxy) is 2. The van der Waals surface area contributed by atoms with E-state index in [1.807, 2.05) is 0 Å². The monoisotopic (exact) mass is 324 g/mol. The van der Waals surface area contributed by atoms with Crippen molar-refractivity contribution in [3.63, 3.8) is 0 Å². The van der Waals surface area contributed by atoms with E-state index in [-0.39, 0.29) is 0 Å². The molecule has 0 saturated heterocycles. The Morgan fingerprint density at radius 1 is 0.818 bits per heavy atom. The van der Waals surface area contributed by atoms with E-state index in [4.69, 9.17) is 9.47 Å². The standard InChI is InChI=1S/C19H32O2S/c1-3-5-7-9-11-16-13-17(12-10-8-6-4-2)21-19-15-22-14-18(19)20-16/h14-17H,3-13H2,1-2H3. The smallest absolute Gasteiger partial charge is 0.172 e. The zero-order valence-electron chi connectivity index (χ0n) is 14.3. The Bertz CT molecular complexity index is 367. The molecule has 0 N–H and O–H groups in total. The summed E-state index contributed by atoms with van der Waals surface area (Å²) in [5, 5.41) is 4.18. The molecule has 2 heterocycles. The van der Waals surface area contributed by atoms with E-state index in [1.54, 1.807) is 11.3 Å². The topological polar surface area (TPSA) is 18.5 Å². The second-order valence-corrected chi connectivity index (χ2v) is 7.26. The Kier molecular flexibility index (Phi) is 8.14. The van der Waals surface area contributed by atoms with Crippen LogP contribution in [-0.2, 0) is 0 Å². The predicted molar refractivity (Wildman–Crippen MR) is 95.3 cm³/mol. The fraction of sp³-hybridized carbons (Fsp3) is 0.789. The van der Waals surface area contributed by atoms with Crippen molar-refractivity contribution in [2.24, 2.45) is 0 Å². The lowest BCUT2D eigenvalue weighted by molar-refractivity contribution is 0.129. The number of hydrogen-bond donors (Lipinski definition) is 0. The van der Waals surface area contributed by atoms with E-state index in [9.17, 15) is 0 Å². The minimum Gasteiger partial charge on any atom is -0.486 e. The van der Waals surface area contributed by atoms with Crippen LogP contribution in [-0.4, -0.2) is 12.2 Å². The molecule has 0 aliphatic carbocycles. The van der Waals surface area contributed by atoms with Crippen LogP contribution in [0, 0.1) is 0 Å². The molecule has 0 aromatic carbocycles. The molecule has 0 fully saturated rings. The highest BCUT2D eigenvalue weighted by molar-refractivity contribution is 7.08. The van der Waals surface area contributed by atoms with Crippen molar-refractivity contribution in [2.75, 3.05) is 0 Å². The normalized spacial score (nSPS) is 20.8. The van der Waals surface area contributed by atoms with Crippen LogP contribution in [0.4, 0.5) is 0 Å². The van der Waals surface area contributed by atoms with Gasteiger partial charge in [0.15, 0.2) is 11.5 Å². The van der Waals surface area contributed by atoms with Crippen molar-refractivity contribution in [1.82, 2.24) is 0 Å². The highest BCUT2D eigenvalue weighted by Crippen LogP contribution is 2.38. The molecule has 0 radical (unpaired) electrons. The summed E-state index contributed by atoms with van der Waals surface area (Å²) in [6.07, 6.45) is 14.6. The van der Waals surface area contributed by atoms with Crippen molar-refractivity contribution in [2.45, 2.75) is 96.7 Å². The molecular weight excluding hydrogens is 292 g/mol. The number of unbranched alkanes of at least 4 members (excludes halogenated alkanes) is 6. The summed E-state index contributed by atoms with van der Waals surface area (Å²) in [6.45, 7) is 4.53. The Hall–Kier alpha value is -0.700. The molecule has 22 heavy (non-hydrogen) atoms. The van der Waals surface area contributed by atoms with Gasteiger partial charge in [0.2, 0.25) is 0 Å². The second-order valence-electron chi connectivity index (χ2n) is 6.51. The highest BCUT2D eigenvalue weighted by Gasteiger charge is 2.25. The molecule has 0 bridgehead atoms. The molecule has 0 saturated carbocycles. The molecule has 2 rings (SSSR count). The van der Waals surface area contributed by atoms with Crippen LogP contribution in [0.2, 0.25) is 0 Å². The van der Waals surface area contributed by atoms with E-state index in [2.05, 4.69) is 24.6 Å². The number of thiophene rings is 1. The number of fused-ring (bicyclic) bond motifs is 1. The van der Waals surface area contributed by atoms with Crippen molar-refractivity contribution in [3.8, 4) is 11.5 Å². The van der Waals surface area contributed by atoms with E-state index < -0.39 is 0 Å². The van der Waals surface area contributed by atoms with Gasteiger partial charge >= 0.3 is 0 Å². The first-order valence-electron chi connectivity index (χ1n) is 9.23. The minimum atomic E-state index is 0.337. The van der Waals surface area contributed by atoms with Gasteiger partial charge in [-0.2, -0.15) is 0 Å². The van der Waals surface area contributed by atoms with Crippen LogP contribution in [0.15, 0.2) is 10.8 Å². The maximum Gasteiger partial charge on any atom is 0.172 e. The summed E-state index contributed by atoms with van der Waals surface area (Å²) in [5.74, 6) is 1.95. The van der Waals surface area contributed by atoms with Gasteiger partial charge in [-0.25, -0.2) is 0 Å². The number of hydrogen-bond acceptors (Lipinski definition) is 3. The van der Waals surface area contributed by atoms with Gasteiger partial charge < -0.3 is 9.47 Å². The van der Waals surface area contributed by atoms with Gasteiger partial charge in [0.05, 0.1) is 0 Å². The van der Waals surface area contributed by atoms with Crippen molar-refractivity contribution in [3.05, 3.63) is 10.8 Å². The molecule has 126 valence electrons. The average Bonchev–Trinajstić information content (AvgIpc) is 2.87. The Morgan fingerprint density at radius 3 is 1.77 bits per heavy atom. The zero-order valence-corrected chi connectivity index (χ0v) is 15.1. The first-order valence-corrected chi connectivity index (χ1v) is 10.2. The number of rotatable bonds is 10. The third kappa shape index (κ3) is 5.83. The first-order chi connectivity index (χ1) is 10.8. The molecule has 0 amide bonds. The van der Waals surface area contributed by atoms with Crippen LogP contribution in [0.3, 0.4) is 0 Å². The fourth-order valence-electron chi connectivity index (χ4n) is 3.15. The third-order valence-electron chi connectivity index (χ3n) is 4.47. The minimum absolute atomic E-state index is 0.337. The maximum atomic E-state index is 6.22. The van der Waals surface area contributed by atoms with Crippen molar-refractivity contribution < 1.29 is 9.47 Å². The second kappa shape index (κ2) is 10.1. The first kappa shape index (κ1) is 17.7. The zero-order chi connectivity index (χ0) is 15.6. The molecule has 2 atom stereocenters. The van der Waals surface area contributed by atoms with E-state index in [0.717, 1.165) is 17.9 Å². The van der Waals surface area contributed by atoms with Crippen LogP contribution < -0.4 is 9.47 Å². The molecule has 2 nitrogen and oxygen atoms in total. The Labute approximate surface area is 140 Å². The summed E-state index contributed by atoms with van der Waals surface area (Å²) in [5.41, 5.74) is 0. The quantitative estimate of drug-likeness (QED) is 0.452. The predicted octanol–water partition coefficient (Wildman–Crippen LogP) is 6.59. The van der Waals surface area contributed by atoms with E-state index >= 15 is 0 Å². The van der Waals surface area contributed by atoms with E-state index in [1.165, 1.54) is 64.2 Å². The van der Waals surface area contributed by atoms with Crippen molar-refractivity contribution in [1.29, 1.82) is 0 Å². The molecule has 0 spiro atoms. The highest BCUT2D eigenvalue weighted by atomic mass is 32.1. The molecule has 1 aromatic heterocycles. The Balaban J connectivity index is 1.84. The largest absolute Gasteiger partial charge is 0.486 e. The summed E-state index contributed by atoms with van der Waals surface area (Å²) in [4.78, 5) is 0. The Morgan fingerprint density at radius 2 is 1.32 bits per heavy atom. The molecular formula is C19H32O2S. The van der Waals surface area contributed by atoms with Crippen LogP contribution in [0.25, 0.3) is 0 Å². The molecule has 1 aliphatic rings. The molecule has 3 heteroatoms. The average molecular weight is 325 g/mol. The van der Waals surface area contributed by atoms with Gasteiger partial charge in [-0.15, -0.1) is 11.3 Å². The summed E-state index contributed by atoms with van der Waals surface area (Å²) < 4.78 is 12.4. The summed E-state index contributed by atoms with van der Waals surface area (Å²) in [6, 6.07) is 0. The lowest BCUT2D eigenvalue weighted by Crippen LogP contribution is -2.24. The van der Waals surface area contributed by atoms with Gasteiger partial charge in [0.25, 0.3) is 0 Å². The van der Waals surface area contributed by atoms with Gasteiger partial charge in [0, 0.05) is 17.2 Å². The van der Waals surface area contributed by atoms with Crippen LogP contribution in [0.5, 0.6) is 11.5 Å². The lowest BCUT2D eigenvalue weighted by atomic mass is 10.0. The molecule has 2 unspecified atom stereocenters. The van der Waals surface area contributed by atoms with Gasteiger partial charge in [0.1, 0.15) is 12.2 Å². The van der Waals surface area contributed by atoms with Gasteiger partial charge in [-0.1, -0.05) is 52.4 Å². The van der Waals surface area contributed by atoms with Gasteiger partial charge in [-0.05, 0) is 25.7 Å². The van der Waals surface area contributed by atoms with Crippen LogP contribution >= 0.6 is 11.3 Å². The fourth-order valence-corrected chi connectivity index (χ4v) is 3.80.